The Kier molecular flexibility index (Phi) is 26.5. The predicted molar refractivity (Wildman–Crippen MR) is 94.4 cm³/mol. The molecule has 0 rings (SSSR count). The number of rotatable bonds is 6. The van der Waals surface area contributed by atoms with Crippen LogP contribution in [0.5, 0.6) is 0 Å². The molecule has 0 aliphatic heterocycles. The molecule has 0 aromatic rings. The molecule has 0 aromatic heterocycles. The van der Waals surface area contributed by atoms with Gasteiger partial charge < -0.3 is 4.11 Å². The van der Waals surface area contributed by atoms with Gasteiger partial charge in [-0.15, -0.1) is 0 Å². The molecule has 0 unspecified atom stereocenters. The van der Waals surface area contributed by atoms with Crippen molar-refractivity contribution < 1.29 is 5.54 Å². The normalized spacial score (nSPS) is 9.62. The van der Waals surface area contributed by atoms with Crippen molar-refractivity contribution >= 4 is 62.8 Å². The molecular formula is C13H28CaClFN2OSi2. The number of hydrogen-bond donors (Lipinski definition) is 0. The Bertz CT molecular complexity index is 279. The monoisotopic (exact) mass is 378 g/mol. The quantitative estimate of drug-likeness (QED) is 0.356. The summed E-state index contributed by atoms with van der Waals surface area (Å²) in [7, 11) is -3.72. The number of halogens is 2. The summed E-state index contributed by atoms with van der Waals surface area (Å²) in [6.45, 7) is 7.55. The van der Waals surface area contributed by atoms with Gasteiger partial charge in [-0.2, -0.15) is 21.6 Å². The first kappa shape index (κ1) is 29.7. The summed E-state index contributed by atoms with van der Waals surface area (Å²) >= 11 is 6.12. The Balaban J connectivity index is -0.000000118. The van der Waals surface area contributed by atoms with Gasteiger partial charge in [0.05, 0.1) is 12.1 Å². The Labute approximate surface area is 161 Å². The van der Waals surface area contributed by atoms with E-state index in [0.29, 0.717) is 18.9 Å². The summed E-state index contributed by atoms with van der Waals surface area (Å²) in [5, 5.41) is 16.3. The molecule has 0 saturated carbocycles. The Morgan fingerprint density at radius 2 is 1.33 bits per heavy atom. The molecule has 0 saturated heterocycles. The van der Waals surface area contributed by atoms with Crippen LogP contribution in [-0.4, -0.2) is 51.7 Å². The van der Waals surface area contributed by atoms with Crippen LogP contribution >= 0.6 is 11.1 Å². The van der Waals surface area contributed by atoms with E-state index in [1.54, 1.807) is 13.1 Å². The zero-order valence-electron chi connectivity index (χ0n) is 13.0. The van der Waals surface area contributed by atoms with Crippen LogP contribution < -0.4 is 0 Å². The average molecular weight is 379 g/mol. The van der Waals surface area contributed by atoms with E-state index in [1.807, 2.05) is 6.07 Å². The van der Waals surface area contributed by atoms with E-state index in [-0.39, 0.29) is 43.3 Å². The summed E-state index contributed by atoms with van der Waals surface area (Å²) in [5.41, 5.74) is 0. The third-order valence-electron chi connectivity index (χ3n) is 2.12. The summed E-state index contributed by atoms with van der Waals surface area (Å²) < 4.78 is 21.1. The molecule has 0 spiro atoms. The van der Waals surface area contributed by atoms with Crippen molar-refractivity contribution in [1.82, 2.24) is 0 Å². The van der Waals surface area contributed by atoms with Crippen molar-refractivity contribution in [2.45, 2.75) is 71.4 Å². The van der Waals surface area contributed by atoms with Crippen molar-refractivity contribution in [3.8, 4) is 12.1 Å². The van der Waals surface area contributed by atoms with Crippen molar-refractivity contribution in [3.63, 3.8) is 0 Å². The first-order valence-corrected chi connectivity index (χ1v) is 14.7. The average Bonchev–Trinajstić information content (AvgIpc) is 2.30. The van der Waals surface area contributed by atoms with Gasteiger partial charge in [-0.1, -0.05) is 20.5 Å². The maximum atomic E-state index is 12.7. The van der Waals surface area contributed by atoms with Gasteiger partial charge in [0.25, 0.3) is 0 Å². The minimum atomic E-state index is -2.35. The van der Waals surface area contributed by atoms with E-state index in [0.717, 1.165) is 18.9 Å². The molecule has 0 amide bonds. The van der Waals surface area contributed by atoms with Gasteiger partial charge in [0, 0.05) is 12.8 Å². The van der Waals surface area contributed by atoms with Crippen LogP contribution in [0.25, 0.3) is 0 Å². The van der Waals surface area contributed by atoms with Gasteiger partial charge in [0.2, 0.25) is 8.41 Å². The topological polar surface area (TPSA) is 64.7 Å². The molecule has 0 bridgehead atoms. The number of unbranched alkanes of at least 4 members (excludes halogenated alkanes) is 2. The number of nitriles is 2. The van der Waals surface area contributed by atoms with E-state index >= 15 is 0 Å². The van der Waals surface area contributed by atoms with Crippen molar-refractivity contribution in [2.75, 3.05) is 0 Å². The molecule has 8 heteroatoms. The SMILES string of the molecule is C.C[Si](C)(Cl)CCCC#N.C[Si](C)(F)CCCC#N.[O]=[Ca]. The van der Waals surface area contributed by atoms with Crippen LogP contribution in [0.15, 0.2) is 0 Å². The van der Waals surface area contributed by atoms with E-state index in [1.165, 1.54) is 0 Å². The summed E-state index contributed by atoms with van der Waals surface area (Å²) in [5.74, 6) is 0. The first-order chi connectivity index (χ1) is 9.12. The third-order valence-corrected chi connectivity index (χ3v) is 5.77. The molecule has 0 aliphatic carbocycles. The molecule has 0 N–H and O–H groups in total. The van der Waals surface area contributed by atoms with Gasteiger partial charge in [-0.3, -0.25) is 0 Å². The van der Waals surface area contributed by atoms with E-state index in [4.69, 9.17) is 23.0 Å². The number of hydrogen-bond acceptors (Lipinski definition) is 3. The van der Waals surface area contributed by atoms with Crippen LogP contribution in [0.2, 0.25) is 38.3 Å². The molecule has 3 nitrogen and oxygen atoms in total. The van der Waals surface area contributed by atoms with Crippen LogP contribution in [0.3, 0.4) is 0 Å². The van der Waals surface area contributed by atoms with Crippen LogP contribution in [0.4, 0.5) is 4.11 Å². The second-order valence-corrected chi connectivity index (χ2v) is 16.4. The zero-order valence-corrected chi connectivity index (χ0v) is 18.0. The number of nitrogens with zero attached hydrogens (tertiary/aromatic N) is 2. The van der Waals surface area contributed by atoms with E-state index in [2.05, 4.69) is 19.2 Å². The second-order valence-electron chi connectivity index (χ2n) is 5.46. The Hall–Kier alpha value is 0.694. The van der Waals surface area contributed by atoms with Crippen LogP contribution in [0, 0.1) is 22.7 Å². The van der Waals surface area contributed by atoms with Crippen molar-refractivity contribution in [1.29, 1.82) is 10.5 Å². The Morgan fingerprint density at radius 3 is 1.57 bits per heavy atom. The van der Waals surface area contributed by atoms with Crippen molar-refractivity contribution in [3.05, 3.63) is 0 Å². The first-order valence-electron chi connectivity index (χ1n) is 6.53. The summed E-state index contributed by atoms with van der Waals surface area (Å²) in [6.07, 6.45) is 2.86. The molecule has 0 fully saturated rings. The van der Waals surface area contributed by atoms with Crippen molar-refractivity contribution in [2.24, 2.45) is 0 Å². The summed E-state index contributed by atoms with van der Waals surface area (Å²) in [6, 6.07) is 5.78. The fraction of sp³-hybridized carbons (Fsp3) is 0.846. The molecular weight excluding hydrogens is 351 g/mol. The van der Waals surface area contributed by atoms with E-state index in [9.17, 15) is 4.11 Å². The molecule has 120 valence electrons. The maximum absolute atomic E-state index is 12.7. The Morgan fingerprint density at radius 1 is 1.00 bits per heavy atom. The van der Waals surface area contributed by atoms with Gasteiger partial charge >= 0.3 is 37.3 Å². The van der Waals surface area contributed by atoms with Crippen LogP contribution in [-0.2, 0) is 1.43 Å². The molecule has 0 heterocycles. The standard InChI is InChI=1S/C6H12ClNSi.C6H12FNSi.CH4.Ca.O/c2*1-9(2,7)6-4-3-5-8;;;/h2*3-4,6H2,1-2H3;1H4;;. The molecule has 0 aromatic carbocycles. The van der Waals surface area contributed by atoms with Gasteiger partial charge in [-0.05, 0) is 38.0 Å². The van der Waals surface area contributed by atoms with E-state index < -0.39 is 15.8 Å². The van der Waals surface area contributed by atoms with Crippen LogP contribution in [0.1, 0.15) is 33.1 Å². The predicted octanol–water partition coefficient (Wildman–Crippen LogP) is 5.34. The van der Waals surface area contributed by atoms with Gasteiger partial charge in [0.1, 0.15) is 0 Å². The molecule has 0 radical (unpaired) electrons. The molecule has 0 atom stereocenters. The third kappa shape index (κ3) is 44.9. The minimum absolute atomic E-state index is 0. The second kappa shape index (κ2) is 18.7. The molecule has 0 aliphatic rings. The molecule has 21 heavy (non-hydrogen) atoms. The fourth-order valence-electron chi connectivity index (χ4n) is 1.18. The fourth-order valence-corrected chi connectivity index (χ4v) is 3.61. The van der Waals surface area contributed by atoms with Gasteiger partial charge in [-0.25, -0.2) is 0 Å². The van der Waals surface area contributed by atoms with Gasteiger partial charge in [0.15, 0.2) is 7.38 Å². The zero-order chi connectivity index (χ0) is 16.7. The summed E-state index contributed by atoms with van der Waals surface area (Å²) in [4.78, 5) is 0.